The van der Waals surface area contributed by atoms with E-state index in [-0.39, 0.29) is 11.9 Å². The van der Waals surface area contributed by atoms with Crippen molar-refractivity contribution < 1.29 is 9.53 Å². The average Bonchev–Trinajstić information content (AvgIpc) is 2.77. The van der Waals surface area contributed by atoms with E-state index in [0.717, 1.165) is 18.5 Å². The topological polar surface area (TPSA) is 55.6 Å². The molecule has 19 heavy (non-hydrogen) atoms. The summed E-state index contributed by atoms with van der Waals surface area (Å²) in [5.74, 6) is 0.426. The highest BCUT2D eigenvalue weighted by Crippen LogP contribution is 2.30. The van der Waals surface area contributed by atoms with Gasteiger partial charge in [-0.1, -0.05) is 31.2 Å². The Labute approximate surface area is 113 Å². The van der Waals surface area contributed by atoms with E-state index >= 15 is 0 Å². The Balaban J connectivity index is 1.82. The van der Waals surface area contributed by atoms with Crippen LogP contribution < -0.4 is 5.73 Å². The Morgan fingerprint density at radius 1 is 1.37 bits per heavy atom. The molecule has 0 spiro atoms. The lowest BCUT2D eigenvalue weighted by atomic mass is 9.97. The van der Waals surface area contributed by atoms with Crippen molar-refractivity contribution in [3.05, 3.63) is 35.4 Å². The van der Waals surface area contributed by atoms with Crippen LogP contribution in [-0.2, 0) is 16.0 Å². The maximum absolute atomic E-state index is 12.6. The molecule has 4 nitrogen and oxygen atoms in total. The zero-order chi connectivity index (χ0) is 13.4. The quantitative estimate of drug-likeness (QED) is 0.823. The van der Waals surface area contributed by atoms with E-state index in [1.165, 1.54) is 5.56 Å². The molecule has 0 saturated carbocycles. The molecule has 0 aliphatic carbocycles. The maximum Gasteiger partial charge on any atom is 0.256 e. The Kier molecular flexibility index (Phi) is 3.29. The number of hydrogen-bond donors (Lipinski definition) is 1. The number of nitrogens with two attached hydrogens (primary N) is 1. The third kappa shape index (κ3) is 2.26. The highest BCUT2D eigenvalue weighted by Gasteiger charge is 2.36. The first-order chi connectivity index (χ1) is 9.16. The first-order valence-electron chi connectivity index (χ1n) is 6.90. The van der Waals surface area contributed by atoms with Gasteiger partial charge in [-0.2, -0.15) is 0 Å². The summed E-state index contributed by atoms with van der Waals surface area (Å²) in [6.45, 7) is 4.08. The number of carbonyl (C=O) groups is 1. The highest BCUT2D eigenvalue weighted by atomic mass is 16.5. The van der Waals surface area contributed by atoms with Gasteiger partial charge in [-0.3, -0.25) is 4.79 Å². The van der Waals surface area contributed by atoms with Crippen molar-refractivity contribution >= 4 is 5.91 Å². The van der Waals surface area contributed by atoms with Crippen LogP contribution in [0, 0.1) is 5.92 Å². The maximum atomic E-state index is 12.6. The number of fused-ring (bicyclic) bond motifs is 1. The largest absolute Gasteiger partial charge is 0.363 e. The van der Waals surface area contributed by atoms with Crippen LogP contribution in [-0.4, -0.2) is 36.5 Å². The van der Waals surface area contributed by atoms with Crippen LogP contribution in [0.4, 0.5) is 0 Å². The summed E-state index contributed by atoms with van der Waals surface area (Å²) in [6, 6.07) is 8.14. The number of rotatable bonds is 1. The van der Waals surface area contributed by atoms with E-state index in [0.29, 0.717) is 19.1 Å². The van der Waals surface area contributed by atoms with Gasteiger partial charge in [0.15, 0.2) is 6.10 Å². The van der Waals surface area contributed by atoms with E-state index < -0.39 is 6.10 Å². The third-order valence-electron chi connectivity index (χ3n) is 4.20. The fourth-order valence-corrected chi connectivity index (χ4v) is 2.94. The normalized spacial score (nSPS) is 30.2. The van der Waals surface area contributed by atoms with Crippen LogP contribution in [0.15, 0.2) is 24.3 Å². The standard InChI is InChI=1S/C15H20N2O2/c1-10-8-17(9-13(10)16)15(18)14-12-5-3-2-4-11(12)6-7-19-14/h2-5,10,13-14H,6-9,16H2,1H3. The van der Waals surface area contributed by atoms with Crippen molar-refractivity contribution in [3.63, 3.8) is 0 Å². The van der Waals surface area contributed by atoms with E-state index in [4.69, 9.17) is 10.5 Å². The minimum atomic E-state index is -0.442. The van der Waals surface area contributed by atoms with Gasteiger partial charge in [-0.05, 0) is 23.5 Å². The summed E-state index contributed by atoms with van der Waals surface area (Å²) in [5.41, 5.74) is 8.24. The fourth-order valence-electron chi connectivity index (χ4n) is 2.94. The molecule has 0 aromatic heterocycles. The number of amides is 1. The zero-order valence-corrected chi connectivity index (χ0v) is 11.2. The molecule has 2 aliphatic rings. The van der Waals surface area contributed by atoms with Crippen molar-refractivity contribution in [2.45, 2.75) is 25.5 Å². The third-order valence-corrected chi connectivity index (χ3v) is 4.20. The predicted octanol–water partition coefficient (Wildman–Crippen LogP) is 1.11. The first kappa shape index (κ1) is 12.6. The molecule has 2 heterocycles. The van der Waals surface area contributed by atoms with Gasteiger partial charge in [0.25, 0.3) is 5.91 Å². The fraction of sp³-hybridized carbons (Fsp3) is 0.533. The number of likely N-dealkylation sites (tertiary alicyclic amines) is 1. The van der Waals surface area contributed by atoms with Crippen LogP contribution in [0.1, 0.15) is 24.2 Å². The molecule has 1 saturated heterocycles. The SMILES string of the molecule is CC1CN(C(=O)C2OCCc3ccccc32)CC1N. The summed E-state index contributed by atoms with van der Waals surface area (Å²) < 4.78 is 5.72. The second-order valence-electron chi connectivity index (χ2n) is 5.58. The number of hydrogen-bond acceptors (Lipinski definition) is 3. The molecule has 3 unspecified atom stereocenters. The minimum absolute atomic E-state index is 0.0620. The second kappa shape index (κ2) is 4.94. The summed E-state index contributed by atoms with van der Waals surface area (Å²) in [5, 5.41) is 0. The van der Waals surface area contributed by atoms with E-state index in [2.05, 4.69) is 13.0 Å². The molecule has 1 aromatic rings. The Morgan fingerprint density at radius 2 is 2.16 bits per heavy atom. The van der Waals surface area contributed by atoms with Crippen molar-refractivity contribution in [2.24, 2.45) is 11.7 Å². The smallest absolute Gasteiger partial charge is 0.256 e. The Morgan fingerprint density at radius 3 is 2.89 bits per heavy atom. The van der Waals surface area contributed by atoms with Gasteiger partial charge in [0.1, 0.15) is 0 Å². The zero-order valence-electron chi connectivity index (χ0n) is 11.2. The molecule has 0 radical (unpaired) electrons. The molecule has 3 rings (SSSR count). The molecule has 102 valence electrons. The number of carbonyl (C=O) groups excluding carboxylic acids is 1. The predicted molar refractivity (Wildman–Crippen MR) is 72.6 cm³/mol. The van der Waals surface area contributed by atoms with Crippen molar-refractivity contribution in [1.29, 1.82) is 0 Å². The summed E-state index contributed by atoms with van der Waals surface area (Å²) in [6.07, 6.45) is 0.443. The van der Waals surface area contributed by atoms with Crippen molar-refractivity contribution in [1.82, 2.24) is 4.90 Å². The van der Waals surface area contributed by atoms with Gasteiger partial charge in [-0.25, -0.2) is 0 Å². The lowest BCUT2D eigenvalue weighted by Crippen LogP contribution is -2.38. The lowest BCUT2D eigenvalue weighted by molar-refractivity contribution is -0.144. The summed E-state index contributed by atoms with van der Waals surface area (Å²) in [7, 11) is 0. The van der Waals surface area contributed by atoms with Crippen LogP contribution in [0.2, 0.25) is 0 Å². The Hall–Kier alpha value is -1.39. The van der Waals surface area contributed by atoms with Gasteiger partial charge >= 0.3 is 0 Å². The molecule has 3 atom stereocenters. The molecular weight excluding hydrogens is 240 g/mol. The molecular formula is C15H20N2O2. The van der Waals surface area contributed by atoms with Crippen LogP contribution in [0.5, 0.6) is 0 Å². The summed E-state index contributed by atoms with van der Waals surface area (Å²) >= 11 is 0. The number of nitrogens with zero attached hydrogens (tertiary/aromatic N) is 1. The Bertz CT molecular complexity index is 479. The van der Waals surface area contributed by atoms with Gasteiger partial charge in [0.05, 0.1) is 6.61 Å². The molecule has 1 amide bonds. The van der Waals surface area contributed by atoms with E-state index in [1.54, 1.807) is 0 Å². The molecule has 0 bridgehead atoms. The van der Waals surface area contributed by atoms with E-state index in [9.17, 15) is 4.79 Å². The lowest BCUT2D eigenvalue weighted by Gasteiger charge is -2.28. The highest BCUT2D eigenvalue weighted by molar-refractivity contribution is 5.83. The number of benzene rings is 1. The monoisotopic (exact) mass is 260 g/mol. The molecule has 1 fully saturated rings. The van der Waals surface area contributed by atoms with Crippen molar-refractivity contribution in [3.8, 4) is 0 Å². The second-order valence-corrected chi connectivity index (χ2v) is 5.58. The van der Waals surface area contributed by atoms with Gasteiger partial charge in [-0.15, -0.1) is 0 Å². The van der Waals surface area contributed by atoms with Crippen LogP contribution in [0.25, 0.3) is 0 Å². The molecule has 1 aromatic carbocycles. The minimum Gasteiger partial charge on any atom is -0.363 e. The van der Waals surface area contributed by atoms with Gasteiger partial charge < -0.3 is 15.4 Å². The van der Waals surface area contributed by atoms with Crippen molar-refractivity contribution in [2.75, 3.05) is 19.7 Å². The molecule has 4 heteroatoms. The van der Waals surface area contributed by atoms with Gasteiger partial charge in [0, 0.05) is 19.1 Å². The number of ether oxygens (including phenoxy) is 1. The van der Waals surface area contributed by atoms with Gasteiger partial charge in [0.2, 0.25) is 0 Å². The first-order valence-corrected chi connectivity index (χ1v) is 6.90. The van der Waals surface area contributed by atoms with E-state index in [1.807, 2.05) is 23.1 Å². The average molecular weight is 260 g/mol. The van der Waals surface area contributed by atoms with Crippen LogP contribution in [0.3, 0.4) is 0 Å². The molecule has 2 N–H and O–H groups in total. The molecule has 2 aliphatic heterocycles. The van der Waals surface area contributed by atoms with Crippen LogP contribution >= 0.6 is 0 Å². The summed E-state index contributed by atoms with van der Waals surface area (Å²) in [4.78, 5) is 14.4.